The Kier molecular flexibility index (Phi) is 2.93. The second-order valence-corrected chi connectivity index (χ2v) is 6.64. The molecule has 1 aromatic rings. The summed E-state index contributed by atoms with van der Waals surface area (Å²) >= 11 is 0. The summed E-state index contributed by atoms with van der Waals surface area (Å²) in [6.45, 7) is 8.08. The smallest absolute Gasteiger partial charge is 0.399 e. The molecule has 0 atom stereocenters. The van der Waals surface area contributed by atoms with E-state index in [9.17, 15) is 5.26 Å². The predicted octanol–water partition coefficient (Wildman–Crippen LogP) is 2.13. The maximum absolute atomic E-state index is 9.34. The second-order valence-electron chi connectivity index (χ2n) is 6.64. The Morgan fingerprint density at radius 2 is 1.85 bits per heavy atom. The van der Waals surface area contributed by atoms with E-state index < -0.39 is 18.3 Å². The summed E-state index contributed by atoms with van der Waals surface area (Å²) in [5.41, 5.74) is 1.61. The SMILES string of the molecule is CC1(C)OB(c2c(C3CC3)ccnc2C#N)OC1(C)C. The maximum Gasteiger partial charge on any atom is 0.498 e. The lowest BCUT2D eigenvalue weighted by molar-refractivity contribution is 0.00578. The van der Waals surface area contributed by atoms with Crippen molar-refractivity contribution in [2.45, 2.75) is 57.7 Å². The van der Waals surface area contributed by atoms with E-state index in [1.165, 1.54) is 12.8 Å². The number of aromatic nitrogens is 1. The van der Waals surface area contributed by atoms with Gasteiger partial charge in [-0.2, -0.15) is 5.26 Å². The van der Waals surface area contributed by atoms with Crippen LogP contribution in [0.5, 0.6) is 0 Å². The molecule has 0 N–H and O–H groups in total. The average molecular weight is 270 g/mol. The number of rotatable bonds is 2. The zero-order chi connectivity index (χ0) is 14.5. The third-order valence-electron chi connectivity index (χ3n) is 4.64. The minimum Gasteiger partial charge on any atom is -0.399 e. The summed E-state index contributed by atoms with van der Waals surface area (Å²) < 4.78 is 12.2. The topological polar surface area (TPSA) is 55.1 Å². The summed E-state index contributed by atoms with van der Waals surface area (Å²) in [4.78, 5) is 4.19. The van der Waals surface area contributed by atoms with Gasteiger partial charge in [0.15, 0.2) is 0 Å². The first kappa shape index (κ1) is 13.6. The van der Waals surface area contributed by atoms with E-state index in [1.54, 1.807) is 6.20 Å². The van der Waals surface area contributed by atoms with Crippen LogP contribution in [0.4, 0.5) is 0 Å². The number of nitriles is 1. The van der Waals surface area contributed by atoms with Gasteiger partial charge in [0.1, 0.15) is 11.8 Å². The first-order valence-corrected chi connectivity index (χ1v) is 7.10. The van der Waals surface area contributed by atoms with Crippen LogP contribution < -0.4 is 5.46 Å². The lowest BCUT2D eigenvalue weighted by Crippen LogP contribution is -2.41. The highest BCUT2D eigenvalue weighted by atomic mass is 16.7. The van der Waals surface area contributed by atoms with Crippen molar-refractivity contribution in [2.24, 2.45) is 0 Å². The molecule has 3 rings (SSSR count). The Morgan fingerprint density at radius 3 is 2.35 bits per heavy atom. The van der Waals surface area contributed by atoms with Gasteiger partial charge < -0.3 is 9.31 Å². The Bertz CT molecular complexity index is 572. The molecule has 2 fully saturated rings. The van der Waals surface area contributed by atoms with Crippen molar-refractivity contribution < 1.29 is 9.31 Å². The Morgan fingerprint density at radius 1 is 1.25 bits per heavy atom. The van der Waals surface area contributed by atoms with Gasteiger partial charge in [-0.15, -0.1) is 0 Å². The van der Waals surface area contributed by atoms with Crippen LogP contribution in [0.15, 0.2) is 12.3 Å². The molecule has 1 aliphatic heterocycles. The molecule has 5 heteroatoms. The summed E-state index contributed by atoms with van der Waals surface area (Å²) in [5, 5.41) is 9.34. The van der Waals surface area contributed by atoms with Crippen molar-refractivity contribution in [3.8, 4) is 6.07 Å². The molecule has 104 valence electrons. The number of nitrogens with zero attached hydrogens (tertiary/aromatic N) is 2. The molecule has 0 radical (unpaired) electrons. The number of hydrogen-bond donors (Lipinski definition) is 0. The van der Waals surface area contributed by atoms with Crippen LogP contribution in [0.1, 0.15) is 57.7 Å². The van der Waals surface area contributed by atoms with Gasteiger partial charge in [-0.25, -0.2) is 4.98 Å². The van der Waals surface area contributed by atoms with Crippen molar-refractivity contribution in [3.05, 3.63) is 23.5 Å². The third kappa shape index (κ3) is 2.04. The number of pyridine rings is 1. The molecule has 0 bridgehead atoms. The van der Waals surface area contributed by atoms with E-state index in [4.69, 9.17) is 9.31 Å². The fourth-order valence-electron chi connectivity index (χ4n) is 2.54. The van der Waals surface area contributed by atoms with E-state index in [0.717, 1.165) is 11.0 Å². The predicted molar refractivity (Wildman–Crippen MR) is 76.6 cm³/mol. The van der Waals surface area contributed by atoms with Crippen LogP contribution in [0, 0.1) is 11.3 Å². The minimum atomic E-state index is -0.501. The molecule has 1 aliphatic carbocycles. The lowest BCUT2D eigenvalue weighted by atomic mass is 9.74. The second kappa shape index (κ2) is 4.31. The molecule has 0 unspecified atom stereocenters. The molecule has 1 saturated carbocycles. The summed E-state index contributed by atoms with van der Waals surface area (Å²) in [7, 11) is -0.501. The number of hydrogen-bond acceptors (Lipinski definition) is 4. The van der Waals surface area contributed by atoms with Gasteiger partial charge in [0.25, 0.3) is 0 Å². The highest BCUT2D eigenvalue weighted by Gasteiger charge is 2.53. The highest BCUT2D eigenvalue weighted by molar-refractivity contribution is 6.63. The van der Waals surface area contributed by atoms with E-state index in [0.29, 0.717) is 11.6 Å². The Balaban J connectivity index is 2.05. The van der Waals surface area contributed by atoms with Crippen molar-refractivity contribution in [3.63, 3.8) is 0 Å². The fourth-order valence-corrected chi connectivity index (χ4v) is 2.54. The van der Waals surface area contributed by atoms with Gasteiger partial charge in [-0.05, 0) is 58.1 Å². The molecule has 4 nitrogen and oxygen atoms in total. The first-order chi connectivity index (χ1) is 9.36. The van der Waals surface area contributed by atoms with Crippen LogP contribution in [0.2, 0.25) is 0 Å². The molecule has 1 aromatic heterocycles. The quantitative estimate of drug-likeness (QED) is 0.772. The van der Waals surface area contributed by atoms with Gasteiger partial charge in [0.05, 0.1) is 11.2 Å². The summed E-state index contributed by atoms with van der Waals surface area (Å²) in [6.07, 6.45) is 4.05. The van der Waals surface area contributed by atoms with Gasteiger partial charge >= 0.3 is 7.12 Å². The normalized spacial score (nSPS) is 23.6. The van der Waals surface area contributed by atoms with E-state index in [1.807, 2.05) is 33.8 Å². The Labute approximate surface area is 120 Å². The van der Waals surface area contributed by atoms with Crippen LogP contribution >= 0.6 is 0 Å². The Hall–Kier alpha value is -1.38. The minimum absolute atomic E-state index is 0.402. The molecule has 0 spiro atoms. The zero-order valence-corrected chi connectivity index (χ0v) is 12.4. The molecule has 0 amide bonds. The van der Waals surface area contributed by atoms with Gasteiger partial charge in [-0.3, -0.25) is 0 Å². The van der Waals surface area contributed by atoms with Crippen molar-refractivity contribution in [1.82, 2.24) is 4.98 Å². The average Bonchev–Trinajstić information content (AvgIpc) is 3.17. The van der Waals surface area contributed by atoms with Crippen molar-refractivity contribution in [2.75, 3.05) is 0 Å². The summed E-state index contributed by atoms with van der Waals surface area (Å²) in [5.74, 6) is 0.527. The fraction of sp³-hybridized carbons (Fsp3) is 0.600. The third-order valence-corrected chi connectivity index (χ3v) is 4.64. The summed E-state index contributed by atoms with van der Waals surface area (Å²) in [6, 6.07) is 4.18. The zero-order valence-electron chi connectivity index (χ0n) is 12.4. The van der Waals surface area contributed by atoms with Crippen LogP contribution in [0.25, 0.3) is 0 Å². The molecule has 20 heavy (non-hydrogen) atoms. The first-order valence-electron chi connectivity index (χ1n) is 7.10. The van der Waals surface area contributed by atoms with Gasteiger partial charge in [0, 0.05) is 11.7 Å². The molecule has 0 aromatic carbocycles. The highest BCUT2D eigenvalue weighted by Crippen LogP contribution is 2.41. The lowest BCUT2D eigenvalue weighted by Gasteiger charge is -2.32. The van der Waals surface area contributed by atoms with E-state index in [-0.39, 0.29) is 0 Å². The van der Waals surface area contributed by atoms with Crippen molar-refractivity contribution >= 4 is 12.6 Å². The van der Waals surface area contributed by atoms with E-state index in [2.05, 4.69) is 11.1 Å². The standard InChI is InChI=1S/C15H19BN2O2/c1-14(2)15(3,4)20-16(19-14)13-11(10-5-6-10)7-8-18-12(13)9-17/h7-8,10H,5-6H2,1-4H3. The van der Waals surface area contributed by atoms with Crippen molar-refractivity contribution in [1.29, 1.82) is 5.26 Å². The molecular weight excluding hydrogens is 251 g/mol. The molecule has 2 aliphatic rings. The van der Waals surface area contributed by atoms with Crippen LogP contribution in [-0.2, 0) is 9.31 Å². The van der Waals surface area contributed by atoms with Gasteiger partial charge in [0.2, 0.25) is 0 Å². The molecule has 2 heterocycles. The monoisotopic (exact) mass is 270 g/mol. The largest absolute Gasteiger partial charge is 0.498 e. The van der Waals surface area contributed by atoms with E-state index >= 15 is 0 Å². The maximum atomic E-state index is 9.34. The van der Waals surface area contributed by atoms with Gasteiger partial charge in [-0.1, -0.05) is 0 Å². The molecule has 1 saturated heterocycles. The van der Waals surface area contributed by atoms with Crippen LogP contribution in [-0.4, -0.2) is 23.3 Å². The molecular formula is C15H19BN2O2. The van der Waals surface area contributed by atoms with Crippen LogP contribution in [0.3, 0.4) is 0 Å².